The van der Waals surface area contributed by atoms with E-state index in [0.29, 0.717) is 12.0 Å². The summed E-state index contributed by atoms with van der Waals surface area (Å²) in [5, 5.41) is 50.2. The first kappa shape index (κ1) is 24.9. The van der Waals surface area contributed by atoms with Crippen molar-refractivity contribution in [1.29, 1.82) is 0 Å². The Bertz CT molecular complexity index is 1010. The van der Waals surface area contributed by atoms with Crippen molar-refractivity contribution in [2.75, 3.05) is 13.2 Å². The molecule has 0 aliphatic carbocycles. The Balaban J connectivity index is 1.59. The molecule has 0 unspecified atom stereocenters. The van der Waals surface area contributed by atoms with E-state index in [2.05, 4.69) is 6.58 Å². The molecule has 35 heavy (non-hydrogen) atoms. The Morgan fingerprint density at radius 1 is 1.20 bits per heavy atom. The van der Waals surface area contributed by atoms with Crippen LogP contribution in [0.1, 0.15) is 16.8 Å². The number of aromatic hydroxyl groups is 2. The Morgan fingerprint density at radius 2 is 1.97 bits per heavy atom. The number of rotatable bonds is 6. The first-order chi connectivity index (χ1) is 16.8. The van der Waals surface area contributed by atoms with Crippen LogP contribution in [0.3, 0.4) is 0 Å². The summed E-state index contributed by atoms with van der Waals surface area (Å²) in [5.74, 6) is -3.83. The van der Waals surface area contributed by atoms with Gasteiger partial charge in [-0.25, -0.2) is 9.59 Å². The summed E-state index contributed by atoms with van der Waals surface area (Å²) in [6.45, 7) is 3.30. The lowest BCUT2D eigenvalue weighted by Crippen LogP contribution is -2.61. The maximum absolute atomic E-state index is 12.7. The predicted octanol–water partition coefficient (Wildman–Crippen LogP) is -0.316. The van der Waals surface area contributed by atoms with E-state index in [1.807, 2.05) is 0 Å². The molecule has 3 aliphatic rings. The SMILES string of the molecule is C=C[C@H]1[C@H](O[C@@H]2O[C@H](CO)[C@@H](O)[C@H](O)[C@H]2OC(=O)c2cccc(O)c2O)OC=C2C(=O)OCC[C@H]21. The molecule has 12 nitrogen and oxygen atoms in total. The minimum atomic E-state index is -1.75. The van der Waals surface area contributed by atoms with E-state index < -0.39 is 78.5 Å². The third-order valence-electron chi connectivity index (χ3n) is 6.25. The quantitative estimate of drug-likeness (QED) is 0.198. The van der Waals surface area contributed by atoms with E-state index in [1.54, 1.807) is 0 Å². The zero-order valence-electron chi connectivity index (χ0n) is 18.4. The van der Waals surface area contributed by atoms with Gasteiger partial charge >= 0.3 is 11.9 Å². The number of hydrogen-bond donors (Lipinski definition) is 5. The molecule has 8 atom stereocenters. The number of esters is 2. The van der Waals surface area contributed by atoms with Crippen LogP contribution in [-0.2, 0) is 28.5 Å². The van der Waals surface area contributed by atoms with Crippen molar-refractivity contribution >= 4 is 11.9 Å². The molecule has 3 heterocycles. The molecule has 0 radical (unpaired) electrons. The van der Waals surface area contributed by atoms with E-state index in [-0.39, 0.29) is 12.5 Å². The molecule has 1 aromatic rings. The first-order valence-electron chi connectivity index (χ1n) is 10.9. The normalized spacial score (nSPS) is 34.6. The second-order valence-electron chi connectivity index (χ2n) is 8.31. The van der Waals surface area contributed by atoms with Gasteiger partial charge in [0.2, 0.25) is 12.6 Å². The zero-order valence-corrected chi connectivity index (χ0v) is 18.4. The standard InChI is InChI=1S/C23H26O12/c1-2-10-11-6-7-31-20(29)13(11)9-32-22(10)35-23-19(18(28)17(27)15(8-24)33-23)34-21(30)12-4-3-5-14(25)16(12)26/h2-5,9-11,15,17-19,22-28H,1,6-8H2/t10-,11+,15-,17-,18+,19-,22+,23+/m1/s1. The van der Waals surface area contributed by atoms with Crippen molar-refractivity contribution in [3.8, 4) is 11.5 Å². The molecule has 0 bridgehead atoms. The first-order valence-corrected chi connectivity index (χ1v) is 10.9. The lowest BCUT2D eigenvalue weighted by Gasteiger charge is -2.44. The molecule has 3 aliphatic heterocycles. The van der Waals surface area contributed by atoms with Crippen molar-refractivity contribution in [2.45, 2.75) is 43.4 Å². The van der Waals surface area contributed by atoms with E-state index in [4.69, 9.17) is 23.7 Å². The van der Waals surface area contributed by atoms with Gasteiger partial charge in [0.15, 0.2) is 17.6 Å². The monoisotopic (exact) mass is 494 g/mol. The number of para-hydroxylation sites is 1. The summed E-state index contributed by atoms with van der Waals surface area (Å²) < 4.78 is 27.4. The molecule has 4 rings (SSSR count). The molecule has 1 aromatic carbocycles. The minimum absolute atomic E-state index is 0.197. The number of benzene rings is 1. The van der Waals surface area contributed by atoms with Crippen LogP contribution in [0.2, 0.25) is 0 Å². The molecule has 190 valence electrons. The molecule has 0 aromatic heterocycles. The predicted molar refractivity (Wildman–Crippen MR) is 114 cm³/mol. The third kappa shape index (κ3) is 4.70. The topological polar surface area (TPSA) is 181 Å². The summed E-state index contributed by atoms with van der Waals surface area (Å²) in [4.78, 5) is 24.8. The van der Waals surface area contributed by atoms with Gasteiger partial charge in [0.25, 0.3) is 0 Å². The summed E-state index contributed by atoms with van der Waals surface area (Å²) in [6.07, 6.45) is -5.70. The van der Waals surface area contributed by atoms with Crippen LogP contribution in [0, 0.1) is 11.8 Å². The van der Waals surface area contributed by atoms with Crippen LogP contribution in [0.4, 0.5) is 0 Å². The van der Waals surface area contributed by atoms with Gasteiger partial charge in [0.1, 0.15) is 23.9 Å². The number of ether oxygens (including phenoxy) is 5. The van der Waals surface area contributed by atoms with Gasteiger partial charge in [-0.1, -0.05) is 12.1 Å². The van der Waals surface area contributed by atoms with Crippen molar-refractivity contribution < 1.29 is 58.8 Å². The smallest absolute Gasteiger partial charge is 0.342 e. The second-order valence-corrected chi connectivity index (χ2v) is 8.31. The molecule has 0 saturated carbocycles. The molecular formula is C23H26O12. The van der Waals surface area contributed by atoms with E-state index in [0.717, 1.165) is 6.07 Å². The summed E-state index contributed by atoms with van der Waals surface area (Å²) in [6, 6.07) is 3.64. The fraction of sp³-hybridized carbons (Fsp3) is 0.478. The summed E-state index contributed by atoms with van der Waals surface area (Å²) >= 11 is 0. The number of carbonyl (C=O) groups is 2. The molecular weight excluding hydrogens is 468 g/mol. The van der Waals surface area contributed by atoms with Crippen LogP contribution in [0.15, 0.2) is 42.7 Å². The number of fused-ring (bicyclic) bond motifs is 1. The largest absolute Gasteiger partial charge is 0.504 e. The van der Waals surface area contributed by atoms with Gasteiger partial charge in [0.05, 0.1) is 25.0 Å². The minimum Gasteiger partial charge on any atom is -0.504 e. The molecule has 2 saturated heterocycles. The van der Waals surface area contributed by atoms with Crippen molar-refractivity contribution in [3.63, 3.8) is 0 Å². The summed E-state index contributed by atoms with van der Waals surface area (Å²) in [5.41, 5.74) is -0.0857. The number of cyclic esters (lactones) is 1. The lowest BCUT2D eigenvalue weighted by molar-refractivity contribution is -0.338. The average Bonchev–Trinajstić information content (AvgIpc) is 2.85. The van der Waals surface area contributed by atoms with E-state index in [9.17, 15) is 35.1 Å². The zero-order chi connectivity index (χ0) is 25.3. The second kappa shape index (κ2) is 10.2. The van der Waals surface area contributed by atoms with Crippen LogP contribution in [-0.4, -0.2) is 87.7 Å². The number of carbonyl (C=O) groups excluding carboxylic acids is 2. The molecule has 12 heteroatoms. The number of phenols is 2. The Hall–Kier alpha value is -3.16. The van der Waals surface area contributed by atoms with Crippen LogP contribution in [0.5, 0.6) is 11.5 Å². The van der Waals surface area contributed by atoms with Crippen molar-refractivity contribution in [1.82, 2.24) is 0 Å². The lowest BCUT2D eigenvalue weighted by atomic mass is 9.81. The Labute approximate surface area is 199 Å². The van der Waals surface area contributed by atoms with Gasteiger partial charge < -0.3 is 49.2 Å². The molecule has 0 amide bonds. The van der Waals surface area contributed by atoms with E-state index >= 15 is 0 Å². The number of hydrogen-bond acceptors (Lipinski definition) is 12. The van der Waals surface area contributed by atoms with E-state index in [1.165, 1.54) is 24.5 Å². The van der Waals surface area contributed by atoms with Gasteiger partial charge in [0, 0.05) is 11.8 Å². The maximum atomic E-state index is 12.7. The fourth-order valence-electron chi connectivity index (χ4n) is 4.33. The highest BCUT2D eigenvalue weighted by atomic mass is 16.8. The molecule has 2 fully saturated rings. The van der Waals surface area contributed by atoms with Crippen molar-refractivity contribution in [3.05, 3.63) is 48.3 Å². The highest BCUT2D eigenvalue weighted by molar-refractivity contribution is 5.93. The Morgan fingerprint density at radius 3 is 2.69 bits per heavy atom. The number of phenolic OH excluding ortho intramolecular Hbond substituents is 2. The van der Waals surface area contributed by atoms with Gasteiger partial charge in [-0.05, 0) is 18.6 Å². The molecule has 0 spiro atoms. The van der Waals surface area contributed by atoms with Gasteiger partial charge in [-0.15, -0.1) is 6.58 Å². The van der Waals surface area contributed by atoms with Crippen LogP contribution in [0.25, 0.3) is 0 Å². The van der Waals surface area contributed by atoms with Crippen LogP contribution >= 0.6 is 0 Å². The summed E-state index contributed by atoms with van der Waals surface area (Å²) in [7, 11) is 0. The molecule has 5 N–H and O–H groups in total. The highest BCUT2D eigenvalue weighted by Gasteiger charge is 2.50. The van der Waals surface area contributed by atoms with Gasteiger partial charge in [-0.3, -0.25) is 0 Å². The highest BCUT2D eigenvalue weighted by Crippen LogP contribution is 2.39. The Kier molecular flexibility index (Phi) is 7.28. The van der Waals surface area contributed by atoms with Crippen LogP contribution < -0.4 is 0 Å². The third-order valence-corrected chi connectivity index (χ3v) is 6.25. The average molecular weight is 494 g/mol. The maximum Gasteiger partial charge on any atom is 0.342 e. The fourth-order valence-corrected chi connectivity index (χ4v) is 4.33. The van der Waals surface area contributed by atoms with Gasteiger partial charge in [-0.2, -0.15) is 0 Å². The number of aliphatic hydroxyl groups excluding tert-OH is 3. The number of aliphatic hydroxyl groups is 3. The van der Waals surface area contributed by atoms with Crippen molar-refractivity contribution in [2.24, 2.45) is 11.8 Å².